The van der Waals surface area contributed by atoms with E-state index in [2.05, 4.69) is 17.2 Å². The molecule has 5 N–H and O–H groups in total. The topological polar surface area (TPSA) is 117 Å². The third-order valence-electron chi connectivity index (χ3n) is 2.92. The molecule has 2 aromatic rings. The third kappa shape index (κ3) is 4.70. The lowest BCUT2D eigenvalue weighted by atomic mass is 10.2. The molecule has 0 spiro atoms. The van der Waals surface area contributed by atoms with Crippen LogP contribution in [0.15, 0.2) is 61.2 Å². The largest absolute Gasteiger partial charge is 0.423 e. The number of benzene rings is 2. The Balaban J connectivity index is 2.00. The van der Waals surface area contributed by atoms with E-state index in [1.165, 1.54) is 6.08 Å². The van der Waals surface area contributed by atoms with Crippen LogP contribution >= 0.6 is 0 Å². The Kier molecular flexibility index (Phi) is 5.30. The van der Waals surface area contributed by atoms with Gasteiger partial charge in [0.05, 0.1) is 5.56 Å². The molecule has 0 saturated heterocycles. The van der Waals surface area contributed by atoms with Crippen LogP contribution in [0.5, 0.6) is 5.75 Å². The Labute approximate surface area is 138 Å². The quantitative estimate of drug-likeness (QED) is 0.221. The fraction of sp³-hybridized carbons (Fsp3) is 0. The normalized spacial score (nSPS) is 9.67. The van der Waals surface area contributed by atoms with E-state index in [1.807, 2.05) is 0 Å². The van der Waals surface area contributed by atoms with E-state index in [-0.39, 0.29) is 11.9 Å². The Morgan fingerprint density at radius 2 is 1.54 bits per heavy atom. The lowest BCUT2D eigenvalue weighted by molar-refractivity contribution is -0.111. The van der Waals surface area contributed by atoms with Crippen LogP contribution in [0.4, 0.5) is 11.4 Å². The van der Waals surface area contributed by atoms with Crippen LogP contribution in [-0.4, -0.2) is 17.8 Å². The molecular weight excluding hydrogens is 308 g/mol. The second kappa shape index (κ2) is 7.59. The highest BCUT2D eigenvalue weighted by Crippen LogP contribution is 2.18. The van der Waals surface area contributed by atoms with Crippen LogP contribution in [-0.2, 0) is 4.79 Å². The number of anilines is 2. The van der Waals surface area contributed by atoms with Crippen molar-refractivity contribution < 1.29 is 14.3 Å². The molecule has 7 nitrogen and oxygen atoms in total. The van der Waals surface area contributed by atoms with Crippen molar-refractivity contribution in [3.63, 3.8) is 0 Å². The zero-order valence-electron chi connectivity index (χ0n) is 12.7. The van der Waals surface area contributed by atoms with Crippen LogP contribution in [0.3, 0.4) is 0 Å². The second-order valence-corrected chi connectivity index (χ2v) is 4.72. The molecule has 0 saturated carbocycles. The Bertz CT molecular complexity index is 767. The summed E-state index contributed by atoms with van der Waals surface area (Å²) < 4.78 is 5.25. The predicted molar refractivity (Wildman–Crippen MR) is 92.2 cm³/mol. The van der Waals surface area contributed by atoms with Crippen molar-refractivity contribution in [2.75, 3.05) is 10.6 Å². The number of ether oxygens (including phenoxy) is 1. The summed E-state index contributed by atoms with van der Waals surface area (Å²) in [5.41, 5.74) is 6.75. The first-order chi connectivity index (χ1) is 11.5. The zero-order chi connectivity index (χ0) is 17.5. The molecule has 2 aromatic carbocycles. The molecule has 0 fully saturated rings. The molecule has 0 aliphatic heterocycles. The van der Waals surface area contributed by atoms with E-state index in [1.54, 1.807) is 48.5 Å². The summed E-state index contributed by atoms with van der Waals surface area (Å²) in [6, 6.07) is 12.7. The summed E-state index contributed by atoms with van der Waals surface area (Å²) in [5.74, 6) is -0.678. The Morgan fingerprint density at radius 1 is 1.00 bits per heavy atom. The third-order valence-corrected chi connectivity index (χ3v) is 2.92. The minimum Gasteiger partial charge on any atom is -0.423 e. The highest BCUT2D eigenvalue weighted by atomic mass is 16.5. The van der Waals surface area contributed by atoms with Gasteiger partial charge in [0.15, 0.2) is 5.96 Å². The van der Waals surface area contributed by atoms with Gasteiger partial charge < -0.3 is 21.1 Å². The van der Waals surface area contributed by atoms with E-state index in [4.69, 9.17) is 15.9 Å². The molecule has 0 radical (unpaired) electrons. The van der Waals surface area contributed by atoms with Crippen molar-refractivity contribution in [1.29, 1.82) is 5.41 Å². The Morgan fingerprint density at radius 3 is 2.08 bits per heavy atom. The standard InChI is InChI=1S/C17H16N4O3/c1-2-15(22)20-12-7-9-14(10-8-12)24-16(23)11-3-5-13(6-4-11)21-17(18)19/h2-10H,1H2,(H,20,22)(H4,18,19,21). The number of hydrogen-bond donors (Lipinski definition) is 4. The molecule has 122 valence electrons. The van der Waals surface area contributed by atoms with Gasteiger partial charge in [-0.05, 0) is 54.6 Å². The number of hydrogen-bond acceptors (Lipinski definition) is 4. The second-order valence-electron chi connectivity index (χ2n) is 4.72. The summed E-state index contributed by atoms with van der Waals surface area (Å²) in [4.78, 5) is 23.2. The minimum atomic E-state index is -0.521. The number of nitrogens with one attached hydrogen (secondary N) is 3. The summed E-state index contributed by atoms with van der Waals surface area (Å²) in [6.45, 7) is 3.36. The van der Waals surface area contributed by atoms with Crippen molar-refractivity contribution in [3.05, 3.63) is 66.7 Å². The lowest BCUT2D eigenvalue weighted by Crippen LogP contribution is -2.20. The van der Waals surface area contributed by atoms with Crippen LogP contribution in [0, 0.1) is 5.41 Å². The van der Waals surface area contributed by atoms with Gasteiger partial charge in [-0.15, -0.1) is 0 Å². The minimum absolute atomic E-state index is 0.186. The van der Waals surface area contributed by atoms with Crippen LogP contribution in [0.1, 0.15) is 10.4 Å². The SMILES string of the molecule is C=CC(=O)Nc1ccc(OC(=O)c2ccc(NC(=N)N)cc2)cc1. The van der Waals surface area contributed by atoms with Gasteiger partial charge in [0.2, 0.25) is 5.91 Å². The number of esters is 1. The van der Waals surface area contributed by atoms with Gasteiger partial charge in [-0.1, -0.05) is 6.58 Å². The molecular formula is C17H16N4O3. The maximum Gasteiger partial charge on any atom is 0.343 e. The number of carbonyl (C=O) groups is 2. The zero-order valence-corrected chi connectivity index (χ0v) is 12.7. The van der Waals surface area contributed by atoms with Gasteiger partial charge >= 0.3 is 5.97 Å². The molecule has 0 atom stereocenters. The molecule has 0 heterocycles. The number of rotatable bonds is 5. The van der Waals surface area contributed by atoms with Crippen molar-refractivity contribution in [2.45, 2.75) is 0 Å². The maximum absolute atomic E-state index is 12.1. The lowest BCUT2D eigenvalue weighted by Gasteiger charge is -2.07. The molecule has 2 rings (SSSR count). The van der Waals surface area contributed by atoms with Crippen molar-refractivity contribution in [1.82, 2.24) is 0 Å². The highest BCUT2D eigenvalue weighted by molar-refractivity contribution is 5.99. The molecule has 7 heteroatoms. The van der Waals surface area contributed by atoms with Crippen LogP contribution in [0.25, 0.3) is 0 Å². The number of guanidine groups is 1. The fourth-order valence-corrected chi connectivity index (χ4v) is 1.81. The average Bonchev–Trinajstić information content (AvgIpc) is 2.56. The van der Waals surface area contributed by atoms with Gasteiger partial charge in [0.1, 0.15) is 5.75 Å². The Hall–Kier alpha value is -3.61. The van der Waals surface area contributed by atoms with Crippen molar-refractivity contribution in [3.8, 4) is 5.75 Å². The number of nitrogens with two attached hydrogens (primary N) is 1. The van der Waals surface area contributed by atoms with E-state index >= 15 is 0 Å². The first kappa shape index (κ1) is 16.8. The van der Waals surface area contributed by atoms with Gasteiger partial charge in [0, 0.05) is 11.4 Å². The first-order valence-corrected chi connectivity index (χ1v) is 6.94. The summed E-state index contributed by atoms with van der Waals surface area (Å²) in [6.07, 6.45) is 1.17. The smallest absolute Gasteiger partial charge is 0.343 e. The summed E-state index contributed by atoms with van der Waals surface area (Å²) in [7, 11) is 0. The molecule has 24 heavy (non-hydrogen) atoms. The van der Waals surface area contributed by atoms with Gasteiger partial charge in [-0.2, -0.15) is 0 Å². The number of amides is 1. The molecule has 0 bridgehead atoms. The predicted octanol–water partition coefficient (Wildman–Crippen LogP) is 2.34. The van der Waals surface area contributed by atoms with Crippen LogP contribution < -0.4 is 21.1 Å². The monoisotopic (exact) mass is 324 g/mol. The average molecular weight is 324 g/mol. The molecule has 1 amide bonds. The van der Waals surface area contributed by atoms with Crippen molar-refractivity contribution >= 4 is 29.2 Å². The van der Waals surface area contributed by atoms with Gasteiger partial charge in [0.25, 0.3) is 0 Å². The van der Waals surface area contributed by atoms with Gasteiger partial charge in [-0.3, -0.25) is 10.2 Å². The van der Waals surface area contributed by atoms with E-state index in [0.717, 1.165) is 0 Å². The molecule has 0 aliphatic carbocycles. The van der Waals surface area contributed by atoms with Gasteiger partial charge in [-0.25, -0.2) is 4.79 Å². The van der Waals surface area contributed by atoms with Crippen molar-refractivity contribution in [2.24, 2.45) is 5.73 Å². The summed E-state index contributed by atoms with van der Waals surface area (Å²) >= 11 is 0. The highest BCUT2D eigenvalue weighted by Gasteiger charge is 2.09. The summed E-state index contributed by atoms with van der Waals surface area (Å²) in [5, 5.41) is 12.3. The first-order valence-electron chi connectivity index (χ1n) is 6.94. The fourth-order valence-electron chi connectivity index (χ4n) is 1.81. The van der Waals surface area contributed by atoms with E-state index < -0.39 is 5.97 Å². The maximum atomic E-state index is 12.1. The van der Waals surface area contributed by atoms with E-state index in [0.29, 0.717) is 22.7 Å². The molecule has 0 aromatic heterocycles. The van der Waals surface area contributed by atoms with Crippen LogP contribution in [0.2, 0.25) is 0 Å². The number of carbonyl (C=O) groups excluding carboxylic acids is 2. The molecule has 0 unspecified atom stereocenters. The van der Waals surface area contributed by atoms with E-state index in [9.17, 15) is 9.59 Å². The molecule has 0 aliphatic rings.